The number of nitrogens with one attached hydrogen (secondary N) is 1. The Morgan fingerprint density at radius 2 is 1.71 bits per heavy atom. The van der Waals surface area contributed by atoms with Crippen LogP contribution in [0.15, 0.2) is 29.3 Å². The van der Waals surface area contributed by atoms with Crippen LogP contribution in [0.4, 0.5) is 0 Å². The maximum atomic E-state index is 11.7. The molecule has 0 radical (unpaired) electrons. The minimum atomic E-state index is 0. The lowest BCUT2D eigenvalue weighted by molar-refractivity contribution is -0.130. The van der Waals surface area contributed by atoms with Gasteiger partial charge in [0.15, 0.2) is 5.96 Å². The van der Waals surface area contributed by atoms with Crippen molar-refractivity contribution < 1.29 is 9.53 Å². The molecule has 2 aliphatic rings. The zero-order valence-corrected chi connectivity index (χ0v) is 21.5. The van der Waals surface area contributed by atoms with Gasteiger partial charge in [-0.15, -0.1) is 24.0 Å². The summed E-state index contributed by atoms with van der Waals surface area (Å²) in [7, 11) is 1.74. The fourth-order valence-corrected chi connectivity index (χ4v) is 4.41. The quantitative estimate of drug-likeness (QED) is 0.340. The van der Waals surface area contributed by atoms with Crippen molar-refractivity contribution in [1.29, 1.82) is 0 Å². The van der Waals surface area contributed by atoms with Crippen LogP contribution in [0.5, 0.6) is 5.75 Å². The number of benzene rings is 1. The zero-order valence-electron chi connectivity index (χ0n) is 19.2. The Morgan fingerprint density at radius 1 is 1.06 bits per heavy atom. The number of para-hydroxylation sites is 1. The van der Waals surface area contributed by atoms with Crippen LogP contribution in [-0.4, -0.2) is 86.0 Å². The summed E-state index contributed by atoms with van der Waals surface area (Å²) in [5, 5.41) is 3.46. The van der Waals surface area contributed by atoms with Crippen molar-refractivity contribution in [2.45, 2.75) is 39.2 Å². The molecule has 1 N–H and O–H groups in total. The number of piperazine rings is 1. The Hall–Kier alpha value is -1.55. The molecule has 0 spiro atoms. The summed E-state index contributed by atoms with van der Waals surface area (Å²) in [6, 6.07) is 8.53. The summed E-state index contributed by atoms with van der Waals surface area (Å²) in [5.74, 6) is 2.03. The van der Waals surface area contributed by atoms with E-state index in [1.54, 1.807) is 14.0 Å². The van der Waals surface area contributed by atoms with Gasteiger partial charge in [-0.3, -0.25) is 14.7 Å². The SMILES string of the molecule is CCNC(=NCC(c1ccccc1OC)N1CCCCC1)N1CCN(C(C)=O)CC1.I. The van der Waals surface area contributed by atoms with Gasteiger partial charge in [0.05, 0.1) is 19.7 Å². The molecule has 1 unspecified atom stereocenters. The minimum absolute atomic E-state index is 0. The van der Waals surface area contributed by atoms with Crippen LogP contribution in [-0.2, 0) is 4.79 Å². The standard InChI is InChI=1S/C23H37N5O2.HI/c1-4-24-23(28-16-14-26(15-17-28)19(2)29)25-18-21(27-12-8-5-9-13-27)20-10-6-7-11-22(20)30-3;/h6-7,10-11,21H,4-5,8-9,12-18H2,1-3H3,(H,24,25);1H. The van der Waals surface area contributed by atoms with Gasteiger partial charge in [0.25, 0.3) is 0 Å². The van der Waals surface area contributed by atoms with E-state index in [-0.39, 0.29) is 35.9 Å². The Labute approximate surface area is 204 Å². The number of piperidine rings is 1. The summed E-state index contributed by atoms with van der Waals surface area (Å²) >= 11 is 0. The molecule has 2 saturated heterocycles. The second-order valence-corrected chi connectivity index (χ2v) is 8.04. The molecule has 1 aromatic carbocycles. The normalized spacial score (nSPS) is 18.9. The fourth-order valence-electron chi connectivity index (χ4n) is 4.41. The summed E-state index contributed by atoms with van der Waals surface area (Å²) in [6.07, 6.45) is 3.78. The fraction of sp³-hybridized carbons (Fsp3) is 0.652. The molecule has 2 aliphatic heterocycles. The van der Waals surface area contributed by atoms with Gasteiger partial charge in [-0.25, -0.2) is 0 Å². The zero-order chi connectivity index (χ0) is 21.3. The molecule has 1 aromatic rings. The topological polar surface area (TPSA) is 60.4 Å². The highest BCUT2D eigenvalue weighted by molar-refractivity contribution is 14.0. The second kappa shape index (κ2) is 13.1. The second-order valence-electron chi connectivity index (χ2n) is 8.04. The highest BCUT2D eigenvalue weighted by atomic mass is 127. The van der Waals surface area contributed by atoms with E-state index < -0.39 is 0 Å². The molecule has 174 valence electrons. The number of rotatable bonds is 6. The van der Waals surface area contributed by atoms with Gasteiger partial charge in [0.2, 0.25) is 5.91 Å². The number of hydrogen-bond acceptors (Lipinski definition) is 4. The van der Waals surface area contributed by atoms with Crippen molar-refractivity contribution >= 4 is 35.8 Å². The van der Waals surface area contributed by atoms with E-state index in [1.165, 1.54) is 24.8 Å². The van der Waals surface area contributed by atoms with Crippen LogP contribution in [0.1, 0.15) is 44.7 Å². The van der Waals surface area contributed by atoms with Crippen molar-refractivity contribution in [3.05, 3.63) is 29.8 Å². The van der Waals surface area contributed by atoms with Gasteiger partial charge in [0, 0.05) is 45.2 Å². The van der Waals surface area contributed by atoms with E-state index in [0.717, 1.165) is 57.5 Å². The number of aliphatic imine (C=N–C) groups is 1. The van der Waals surface area contributed by atoms with Gasteiger partial charge in [-0.2, -0.15) is 0 Å². The Morgan fingerprint density at radius 3 is 2.32 bits per heavy atom. The lowest BCUT2D eigenvalue weighted by atomic mass is 10.0. The number of carbonyl (C=O) groups excluding carboxylic acids is 1. The first kappa shape index (κ1) is 25.7. The van der Waals surface area contributed by atoms with Crippen molar-refractivity contribution in [3.63, 3.8) is 0 Å². The molecule has 8 heteroatoms. The number of carbonyl (C=O) groups is 1. The molecule has 2 heterocycles. The van der Waals surface area contributed by atoms with Crippen molar-refractivity contribution in [2.24, 2.45) is 4.99 Å². The lowest BCUT2D eigenvalue weighted by Crippen LogP contribution is -2.53. The first-order chi connectivity index (χ1) is 14.6. The minimum Gasteiger partial charge on any atom is -0.496 e. The molecule has 0 aromatic heterocycles. The first-order valence-corrected chi connectivity index (χ1v) is 11.3. The molecular formula is C23H38IN5O2. The molecule has 1 amide bonds. The Balaban J connectivity index is 0.00000341. The van der Waals surface area contributed by atoms with Crippen LogP contribution in [0.25, 0.3) is 0 Å². The number of halogens is 1. The van der Waals surface area contributed by atoms with E-state index in [1.807, 2.05) is 17.0 Å². The predicted octanol–water partition coefficient (Wildman–Crippen LogP) is 2.97. The molecule has 3 rings (SSSR count). The largest absolute Gasteiger partial charge is 0.496 e. The van der Waals surface area contributed by atoms with Crippen LogP contribution in [0, 0.1) is 0 Å². The summed E-state index contributed by atoms with van der Waals surface area (Å²) in [5.41, 5.74) is 1.21. The van der Waals surface area contributed by atoms with Crippen molar-refractivity contribution in [3.8, 4) is 5.75 Å². The van der Waals surface area contributed by atoms with E-state index in [2.05, 4.69) is 34.2 Å². The van der Waals surface area contributed by atoms with E-state index >= 15 is 0 Å². The van der Waals surface area contributed by atoms with Gasteiger partial charge in [0.1, 0.15) is 5.75 Å². The van der Waals surface area contributed by atoms with Crippen LogP contribution < -0.4 is 10.1 Å². The highest BCUT2D eigenvalue weighted by Gasteiger charge is 2.26. The van der Waals surface area contributed by atoms with Gasteiger partial charge in [-0.05, 0) is 38.9 Å². The molecular weight excluding hydrogens is 505 g/mol. The number of nitrogens with zero attached hydrogens (tertiary/aromatic N) is 4. The number of ether oxygens (including phenoxy) is 1. The average molecular weight is 543 g/mol. The van der Waals surface area contributed by atoms with Crippen molar-refractivity contribution in [1.82, 2.24) is 20.0 Å². The Kier molecular flexibility index (Phi) is 10.9. The van der Waals surface area contributed by atoms with Gasteiger partial charge >= 0.3 is 0 Å². The third kappa shape index (κ3) is 6.97. The van der Waals surface area contributed by atoms with E-state index in [9.17, 15) is 4.79 Å². The summed E-state index contributed by atoms with van der Waals surface area (Å²) in [6.45, 7) is 10.6. The Bertz CT molecular complexity index is 716. The molecule has 31 heavy (non-hydrogen) atoms. The third-order valence-corrected chi connectivity index (χ3v) is 6.10. The summed E-state index contributed by atoms with van der Waals surface area (Å²) in [4.78, 5) is 23.5. The number of amides is 1. The highest BCUT2D eigenvalue weighted by Crippen LogP contribution is 2.31. The number of likely N-dealkylation sites (tertiary alicyclic amines) is 1. The third-order valence-electron chi connectivity index (χ3n) is 6.10. The van der Waals surface area contributed by atoms with Crippen LogP contribution in [0.3, 0.4) is 0 Å². The maximum absolute atomic E-state index is 11.7. The molecule has 2 fully saturated rings. The predicted molar refractivity (Wildman–Crippen MR) is 136 cm³/mol. The molecule has 1 atom stereocenters. The number of methoxy groups -OCH3 is 1. The van der Waals surface area contributed by atoms with Crippen LogP contribution in [0.2, 0.25) is 0 Å². The van der Waals surface area contributed by atoms with Gasteiger partial charge < -0.3 is 19.9 Å². The lowest BCUT2D eigenvalue weighted by Gasteiger charge is -2.37. The molecule has 7 nitrogen and oxygen atoms in total. The number of guanidine groups is 1. The molecule has 0 bridgehead atoms. The van der Waals surface area contributed by atoms with Gasteiger partial charge in [-0.1, -0.05) is 24.6 Å². The molecule has 0 saturated carbocycles. The monoisotopic (exact) mass is 543 g/mol. The molecule has 0 aliphatic carbocycles. The summed E-state index contributed by atoms with van der Waals surface area (Å²) < 4.78 is 5.68. The smallest absolute Gasteiger partial charge is 0.219 e. The van der Waals surface area contributed by atoms with Crippen molar-refractivity contribution in [2.75, 3.05) is 59.5 Å². The first-order valence-electron chi connectivity index (χ1n) is 11.3. The van der Waals surface area contributed by atoms with E-state index in [0.29, 0.717) is 6.54 Å². The van der Waals surface area contributed by atoms with Crippen LogP contribution >= 0.6 is 24.0 Å². The van der Waals surface area contributed by atoms with E-state index in [4.69, 9.17) is 9.73 Å². The maximum Gasteiger partial charge on any atom is 0.219 e. The number of hydrogen-bond donors (Lipinski definition) is 1. The average Bonchev–Trinajstić information content (AvgIpc) is 2.79.